The number of nitro groups is 1. The van der Waals surface area contributed by atoms with Gasteiger partial charge in [-0.05, 0) is 53.6 Å². The van der Waals surface area contributed by atoms with Crippen molar-refractivity contribution in [3.05, 3.63) is 69.4 Å². The van der Waals surface area contributed by atoms with E-state index in [1.165, 1.54) is 18.3 Å². The largest absolute Gasteiger partial charge is 0.476 e. The molecule has 3 heterocycles. The molecule has 10 heteroatoms. The Kier molecular flexibility index (Phi) is 5.59. The average Bonchev–Trinajstić information content (AvgIpc) is 3.29. The van der Waals surface area contributed by atoms with Crippen molar-refractivity contribution in [2.75, 3.05) is 11.9 Å². The Hall–Kier alpha value is -4.13. The van der Waals surface area contributed by atoms with E-state index >= 15 is 0 Å². The number of carbonyl (C=O) groups excluding carboxylic acids is 1. The third-order valence-corrected chi connectivity index (χ3v) is 4.38. The van der Waals surface area contributed by atoms with Crippen molar-refractivity contribution in [3.63, 3.8) is 0 Å². The molecule has 1 amide bonds. The highest BCUT2D eigenvalue weighted by Gasteiger charge is 2.22. The van der Waals surface area contributed by atoms with Gasteiger partial charge in [-0.2, -0.15) is 5.26 Å². The molecule has 0 saturated carbocycles. The first-order valence-electron chi connectivity index (χ1n) is 8.56. The van der Waals surface area contributed by atoms with E-state index in [9.17, 15) is 20.2 Å². The van der Waals surface area contributed by atoms with Crippen LogP contribution in [-0.4, -0.2) is 27.0 Å². The molecule has 0 bridgehead atoms. The quantitative estimate of drug-likeness (QED) is 0.480. The lowest BCUT2D eigenvalue weighted by molar-refractivity contribution is -0.390. The van der Waals surface area contributed by atoms with E-state index in [0.29, 0.717) is 23.7 Å². The van der Waals surface area contributed by atoms with Gasteiger partial charge in [-0.1, -0.05) is 0 Å². The maximum Gasteiger partial charge on any atom is 0.406 e. The number of ether oxygens (including phenoxy) is 1. The molecule has 0 aromatic carbocycles. The Morgan fingerprint density at radius 1 is 1.41 bits per heavy atom. The van der Waals surface area contributed by atoms with Crippen molar-refractivity contribution in [3.8, 4) is 11.8 Å². The molecular formula is C19H17N5O5. The standard InChI is InChI=1S/C19H17N5O5/c1-12-13(2)23(10-14-5-4-8-28-14)18(15(12)9-20)22-17(25)11-29-16-6-3-7-21-19(16)24(26)27/h3-8H,10-11H2,1-2H3,(H,22,25). The number of aromatic nitrogens is 2. The van der Waals surface area contributed by atoms with Crippen molar-refractivity contribution in [1.29, 1.82) is 5.26 Å². The first-order chi connectivity index (χ1) is 13.9. The molecule has 0 spiro atoms. The Morgan fingerprint density at radius 2 is 2.21 bits per heavy atom. The molecule has 3 aromatic heterocycles. The highest BCUT2D eigenvalue weighted by atomic mass is 16.6. The molecule has 29 heavy (non-hydrogen) atoms. The van der Waals surface area contributed by atoms with Crippen LogP contribution in [0.25, 0.3) is 0 Å². The fourth-order valence-corrected chi connectivity index (χ4v) is 2.83. The van der Waals surface area contributed by atoms with E-state index in [4.69, 9.17) is 9.15 Å². The third-order valence-electron chi connectivity index (χ3n) is 4.38. The summed E-state index contributed by atoms with van der Waals surface area (Å²) < 4.78 is 12.4. The topological polar surface area (TPSA) is 136 Å². The number of amides is 1. The number of hydrogen-bond donors (Lipinski definition) is 1. The van der Waals surface area contributed by atoms with Gasteiger partial charge in [0.25, 0.3) is 5.91 Å². The van der Waals surface area contributed by atoms with Crippen molar-refractivity contribution < 1.29 is 18.9 Å². The number of nitrogens with zero attached hydrogens (tertiary/aromatic N) is 4. The smallest absolute Gasteiger partial charge is 0.406 e. The molecule has 3 rings (SSSR count). The van der Waals surface area contributed by atoms with Gasteiger partial charge in [-0.25, -0.2) is 0 Å². The Bertz CT molecular complexity index is 1100. The van der Waals surface area contributed by atoms with Gasteiger partial charge < -0.3 is 29.2 Å². The van der Waals surface area contributed by atoms with E-state index in [1.54, 1.807) is 29.9 Å². The fraction of sp³-hybridized carbons (Fsp3) is 0.211. The molecule has 0 saturated heterocycles. The normalized spacial score (nSPS) is 10.4. The molecule has 0 fully saturated rings. The van der Waals surface area contributed by atoms with Crippen LogP contribution in [0.2, 0.25) is 0 Å². The minimum Gasteiger partial charge on any atom is -0.476 e. The lowest BCUT2D eigenvalue weighted by Gasteiger charge is -2.12. The molecule has 0 aliphatic rings. The fourth-order valence-electron chi connectivity index (χ4n) is 2.83. The second kappa shape index (κ2) is 8.26. The van der Waals surface area contributed by atoms with Crippen LogP contribution in [0.5, 0.6) is 5.75 Å². The zero-order valence-electron chi connectivity index (χ0n) is 15.7. The van der Waals surface area contributed by atoms with Gasteiger partial charge in [0, 0.05) is 5.69 Å². The minimum atomic E-state index is -0.692. The summed E-state index contributed by atoms with van der Waals surface area (Å²) >= 11 is 0. The zero-order valence-corrected chi connectivity index (χ0v) is 15.7. The summed E-state index contributed by atoms with van der Waals surface area (Å²) in [5, 5.41) is 23.2. The van der Waals surface area contributed by atoms with Gasteiger partial charge in [-0.3, -0.25) is 4.79 Å². The maximum absolute atomic E-state index is 12.4. The zero-order chi connectivity index (χ0) is 21.0. The molecule has 3 aromatic rings. The van der Waals surface area contributed by atoms with Gasteiger partial charge in [-0.15, -0.1) is 0 Å². The van der Waals surface area contributed by atoms with Crippen LogP contribution in [0.3, 0.4) is 0 Å². The highest BCUT2D eigenvalue weighted by Crippen LogP contribution is 2.28. The van der Waals surface area contributed by atoms with Crippen LogP contribution in [0, 0.1) is 35.3 Å². The number of hydrogen-bond acceptors (Lipinski definition) is 7. The van der Waals surface area contributed by atoms with Crippen LogP contribution in [0.15, 0.2) is 41.1 Å². The molecule has 1 N–H and O–H groups in total. The molecule has 0 unspecified atom stereocenters. The van der Waals surface area contributed by atoms with E-state index in [2.05, 4.69) is 16.4 Å². The molecule has 0 aliphatic carbocycles. The van der Waals surface area contributed by atoms with Crippen LogP contribution in [0.1, 0.15) is 22.6 Å². The monoisotopic (exact) mass is 395 g/mol. The SMILES string of the molecule is Cc1c(C#N)c(NC(=O)COc2cccnc2[N+](=O)[O-])n(Cc2ccco2)c1C. The predicted octanol–water partition coefficient (Wildman–Crippen LogP) is 2.94. The summed E-state index contributed by atoms with van der Waals surface area (Å²) in [7, 11) is 0. The summed E-state index contributed by atoms with van der Waals surface area (Å²) in [5.41, 5.74) is 1.87. The van der Waals surface area contributed by atoms with Gasteiger partial charge >= 0.3 is 5.82 Å². The molecular weight excluding hydrogens is 378 g/mol. The number of carbonyl (C=O) groups is 1. The number of pyridine rings is 1. The summed E-state index contributed by atoms with van der Waals surface area (Å²) in [4.78, 5) is 26.4. The Balaban J connectivity index is 1.81. The summed E-state index contributed by atoms with van der Waals surface area (Å²) in [5.74, 6) is -0.200. The number of nitriles is 1. The van der Waals surface area contributed by atoms with E-state index in [-0.39, 0.29) is 5.75 Å². The lowest BCUT2D eigenvalue weighted by Crippen LogP contribution is -2.23. The molecule has 148 valence electrons. The number of rotatable bonds is 7. The van der Waals surface area contributed by atoms with Crippen LogP contribution >= 0.6 is 0 Å². The number of anilines is 1. The number of furan rings is 1. The molecule has 10 nitrogen and oxygen atoms in total. The van der Waals surface area contributed by atoms with Gasteiger partial charge in [0.15, 0.2) is 6.61 Å². The maximum atomic E-state index is 12.4. The van der Waals surface area contributed by atoms with Gasteiger partial charge in [0.1, 0.15) is 23.8 Å². The van der Waals surface area contributed by atoms with E-state index < -0.39 is 23.3 Å². The number of nitrogens with one attached hydrogen (secondary N) is 1. The lowest BCUT2D eigenvalue weighted by atomic mass is 10.2. The highest BCUT2D eigenvalue weighted by molar-refractivity contribution is 5.93. The van der Waals surface area contributed by atoms with Crippen molar-refractivity contribution in [2.24, 2.45) is 0 Å². The predicted molar refractivity (Wildman–Crippen MR) is 101 cm³/mol. The van der Waals surface area contributed by atoms with Crippen LogP contribution < -0.4 is 10.1 Å². The summed E-state index contributed by atoms with van der Waals surface area (Å²) in [6, 6.07) is 8.46. The Morgan fingerprint density at radius 3 is 2.86 bits per heavy atom. The second-order valence-corrected chi connectivity index (χ2v) is 6.13. The van der Waals surface area contributed by atoms with Gasteiger partial charge in [0.05, 0.1) is 18.4 Å². The van der Waals surface area contributed by atoms with Gasteiger partial charge in [0.2, 0.25) is 5.75 Å². The first-order valence-corrected chi connectivity index (χ1v) is 8.56. The second-order valence-electron chi connectivity index (χ2n) is 6.13. The molecule has 0 atom stereocenters. The average molecular weight is 395 g/mol. The molecule has 0 aliphatic heterocycles. The van der Waals surface area contributed by atoms with E-state index in [1.807, 2.05) is 6.92 Å². The molecule has 0 radical (unpaired) electrons. The van der Waals surface area contributed by atoms with Crippen molar-refractivity contribution in [2.45, 2.75) is 20.4 Å². The van der Waals surface area contributed by atoms with Crippen LogP contribution in [-0.2, 0) is 11.3 Å². The summed E-state index contributed by atoms with van der Waals surface area (Å²) in [6.45, 7) is 3.47. The van der Waals surface area contributed by atoms with Crippen LogP contribution in [0.4, 0.5) is 11.6 Å². The third kappa shape index (κ3) is 4.08. The van der Waals surface area contributed by atoms with E-state index in [0.717, 1.165) is 11.3 Å². The minimum absolute atomic E-state index is 0.119. The van der Waals surface area contributed by atoms with Crippen molar-refractivity contribution >= 4 is 17.5 Å². The first kappa shape index (κ1) is 19.6. The summed E-state index contributed by atoms with van der Waals surface area (Å²) in [6.07, 6.45) is 2.80. The van der Waals surface area contributed by atoms with Crippen molar-refractivity contribution in [1.82, 2.24) is 9.55 Å². The Labute approximate surface area is 165 Å².